The Hall–Kier alpha value is -1.17. The Bertz CT molecular complexity index is 411. The van der Waals surface area contributed by atoms with Crippen LogP contribution < -0.4 is 10.1 Å². The Balaban J connectivity index is 2.59. The first-order chi connectivity index (χ1) is 8.69. The van der Waals surface area contributed by atoms with Gasteiger partial charge in [-0.2, -0.15) is 0 Å². The predicted molar refractivity (Wildman–Crippen MR) is 77.1 cm³/mol. The van der Waals surface area contributed by atoms with Gasteiger partial charge in [0.1, 0.15) is 5.75 Å². The molecule has 98 valence electrons. The fourth-order valence-electron chi connectivity index (χ4n) is 1.68. The molecule has 2 nitrogen and oxygen atoms in total. The number of benzene rings is 1. The van der Waals surface area contributed by atoms with Gasteiger partial charge in [0.25, 0.3) is 0 Å². The molecule has 1 unspecified atom stereocenters. The number of unbranched alkanes of at least 4 members (excludes halogenated alkanes) is 1. The lowest BCUT2D eigenvalue weighted by Crippen LogP contribution is -2.17. The van der Waals surface area contributed by atoms with Gasteiger partial charge in [-0.3, -0.25) is 0 Å². The summed E-state index contributed by atoms with van der Waals surface area (Å²) in [5.41, 5.74) is 1.16. The summed E-state index contributed by atoms with van der Waals surface area (Å²) in [5, 5.41) is 4.00. The number of hydrogen-bond acceptors (Lipinski definition) is 2. The second-order valence-electron chi connectivity index (χ2n) is 4.13. The molecule has 0 aliphatic rings. The molecule has 18 heavy (non-hydrogen) atoms. The Morgan fingerprint density at radius 3 is 2.89 bits per heavy atom. The SMILES string of the molecule is C#CCCCOc1ccc(C(C)NCC)cc1Cl. The molecular weight excluding hydrogens is 246 g/mol. The first-order valence-corrected chi connectivity index (χ1v) is 6.66. The lowest BCUT2D eigenvalue weighted by Gasteiger charge is -2.14. The van der Waals surface area contributed by atoms with Gasteiger partial charge < -0.3 is 10.1 Å². The van der Waals surface area contributed by atoms with Crippen LogP contribution in [-0.2, 0) is 0 Å². The number of rotatable bonds is 7. The van der Waals surface area contributed by atoms with E-state index in [1.807, 2.05) is 18.2 Å². The van der Waals surface area contributed by atoms with Crippen LogP contribution in [0, 0.1) is 12.3 Å². The van der Waals surface area contributed by atoms with E-state index in [4.69, 9.17) is 22.8 Å². The fourth-order valence-corrected chi connectivity index (χ4v) is 1.93. The van der Waals surface area contributed by atoms with E-state index in [0.717, 1.165) is 30.7 Å². The van der Waals surface area contributed by atoms with E-state index >= 15 is 0 Å². The molecule has 1 N–H and O–H groups in total. The molecule has 0 aliphatic carbocycles. The molecule has 1 rings (SSSR count). The van der Waals surface area contributed by atoms with E-state index < -0.39 is 0 Å². The number of nitrogens with one attached hydrogen (secondary N) is 1. The normalized spacial score (nSPS) is 11.9. The summed E-state index contributed by atoms with van der Waals surface area (Å²) in [7, 11) is 0. The molecule has 3 heteroatoms. The first kappa shape index (κ1) is 14.9. The smallest absolute Gasteiger partial charge is 0.137 e. The molecule has 0 saturated heterocycles. The second-order valence-corrected chi connectivity index (χ2v) is 4.53. The zero-order valence-corrected chi connectivity index (χ0v) is 11.8. The van der Waals surface area contributed by atoms with Crippen molar-refractivity contribution in [2.24, 2.45) is 0 Å². The summed E-state index contributed by atoms with van der Waals surface area (Å²) >= 11 is 6.19. The molecule has 0 radical (unpaired) electrons. The Morgan fingerprint density at radius 2 is 2.28 bits per heavy atom. The van der Waals surface area contributed by atoms with Crippen LogP contribution in [0.15, 0.2) is 18.2 Å². The highest BCUT2D eigenvalue weighted by atomic mass is 35.5. The Labute approximate surface area is 115 Å². The molecule has 0 spiro atoms. The summed E-state index contributed by atoms with van der Waals surface area (Å²) in [4.78, 5) is 0. The van der Waals surface area contributed by atoms with Crippen molar-refractivity contribution in [1.82, 2.24) is 5.32 Å². The van der Waals surface area contributed by atoms with Gasteiger partial charge in [-0.15, -0.1) is 12.3 Å². The third-order valence-electron chi connectivity index (χ3n) is 2.69. The minimum atomic E-state index is 0.294. The molecule has 1 atom stereocenters. The largest absolute Gasteiger partial charge is 0.492 e. The second kappa shape index (κ2) is 8.02. The van der Waals surface area contributed by atoms with Crippen molar-refractivity contribution in [3.05, 3.63) is 28.8 Å². The van der Waals surface area contributed by atoms with E-state index in [1.165, 1.54) is 0 Å². The average Bonchev–Trinajstić information content (AvgIpc) is 2.36. The molecule has 0 bridgehead atoms. The zero-order valence-electron chi connectivity index (χ0n) is 11.0. The Morgan fingerprint density at radius 1 is 1.50 bits per heavy atom. The van der Waals surface area contributed by atoms with Crippen LogP contribution in [0.5, 0.6) is 5.75 Å². The summed E-state index contributed by atoms with van der Waals surface area (Å²) in [6, 6.07) is 6.20. The van der Waals surface area contributed by atoms with Crippen LogP contribution >= 0.6 is 11.6 Å². The van der Waals surface area contributed by atoms with Crippen molar-refractivity contribution < 1.29 is 4.74 Å². The van der Waals surface area contributed by atoms with Crippen LogP contribution in [0.3, 0.4) is 0 Å². The van der Waals surface area contributed by atoms with E-state index in [0.29, 0.717) is 17.7 Å². The monoisotopic (exact) mass is 265 g/mol. The molecule has 0 fully saturated rings. The number of halogens is 1. The molecule has 0 aromatic heterocycles. The van der Waals surface area contributed by atoms with E-state index in [1.54, 1.807) is 0 Å². The highest BCUT2D eigenvalue weighted by Crippen LogP contribution is 2.28. The standard InChI is InChI=1S/C15H20ClNO/c1-4-6-7-10-18-15-9-8-13(11-14(15)16)12(3)17-5-2/h1,8-9,11-12,17H,5-7,10H2,2-3H3. The van der Waals surface area contributed by atoms with Gasteiger partial charge in [-0.25, -0.2) is 0 Å². The van der Waals surface area contributed by atoms with Crippen LogP contribution in [-0.4, -0.2) is 13.2 Å². The van der Waals surface area contributed by atoms with Crippen LogP contribution in [0.4, 0.5) is 0 Å². The van der Waals surface area contributed by atoms with Crippen molar-refractivity contribution in [3.8, 4) is 18.1 Å². The lowest BCUT2D eigenvalue weighted by atomic mass is 10.1. The van der Waals surface area contributed by atoms with Gasteiger partial charge in [0.05, 0.1) is 11.6 Å². The van der Waals surface area contributed by atoms with Crippen molar-refractivity contribution in [2.75, 3.05) is 13.2 Å². The molecule has 0 amide bonds. The maximum absolute atomic E-state index is 6.19. The van der Waals surface area contributed by atoms with E-state index in [9.17, 15) is 0 Å². The fraction of sp³-hybridized carbons (Fsp3) is 0.467. The minimum absolute atomic E-state index is 0.294. The third kappa shape index (κ3) is 4.60. The van der Waals surface area contributed by atoms with E-state index in [2.05, 4.69) is 25.1 Å². The summed E-state index contributed by atoms with van der Waals surface area (Å²) in [5.74, 6) is 3.31. The molecule has 0 heterocycles. The molecule has 0 saturated carbocycles. The van der Waals surface area contributed by atoms with Crippen LogP contribution in [0.25, 0.3) is 0 Å². The third-order valence-corrected chi connectivity index (χ3v) is 2.98. The summed E-state index contributed by atoms with van der Waals surface area (Å²) in [6.45, 7) is 5.73. The number of terminal acetylenes is 1. The minimum Gasteiger partial charge on any atom is -0.492 e. The highest BCUT2D eigenvalue weighted by Gasteiger charge is 2.07. The van der Waals surface area contributed by atoms with Gasteiger partial charge in [-0.05, 0) is 37.6 Å². The van der Waals surface area contributed by atoms with Crippen molar-refractivity contribution >= 4 is 11.6 Å². The van der Waals surface area contributed by atoms with Gasteiger partial charge in [-0.1, -0.05) is 24.6 Å². The molecule has 1 aromatic rings. The van der Waals surface area contributed by atoms with Gasteiger partial charge in [0.15, 0.2) is 0 Å². The quantitative estimate of drug-likeness (QED) is 0.598. The maximum atomic E-state index is 6.19. The van der Waals surface area contributed by atoms with E-state index in [-0.39, 0.29) is 0 Å². The van der Waals surface area contributed by atoms with Crippen LogP contribution in [0.1, 0.15) is 38.3 Å². The zero-order chi connectivity index (χ0) is 13.4. The number of hydrogen-bond donors (Lipinski definition) is 1. The van der Waals surface area contributed by atoms with Crippen molar-refractivity contribution in [3.63, 3.8) is 0 Å². The molecular formula is C15H20ClNO. The lowest BCUT2D eigenvalue weighted by molar-refractivity contribution is 0.313. The van der Waals surface area contributed by atoms with Crippen molar-refractivity contribution in [1.29, 1.82) is 0 Å². The predicted octanol–water partition coefficient (Wildman–Crippen LogP) is 3.80. The van der Waals surface area contributed by atoms with Gasteiger partial charge in [0, 0.05) is 12.5 Å². The average molecular weight is 266 g/mol. The van der Waals surface area contributed by atoms with Crippen LogP contribution in [0.2, 0.25) is 5.02 Å². The van der Waals surface area contributed by atoms with Gasteiger partial charge >= 0.3 is 0 Å². The Kier molecular flexibility index (Phi) is 6.64. The highest BCUT2D eigenvalue weighted by molar-refractivity contribution is 6.32. The molecule has 0 aliphatic heterocycles. The van der Waals surface area contributed by atoms with Gasteiger partial charge in [0.2, 0.25) is 0 Å². The van der Waals surface area contributed by atoms with Crippen molar-refractivity contribution in [2.45, 2.75) is 32.7 Å². The topological polar surface area (TPSA) is 21.3 Å². The molecule has 1 aromatic carbocycles. The summed E-state index contributed by atoms with van der Waals surface area (Å²) in [6.07, 6.45) is 6.76. The summed E-state index contributed by atoms with van der Waals surface area (Å²) < 4.78 is 5.59. The maximum Gasteiger partial charge on any atom is 0.137 e. The number of ether oxygens (including phenoxy) is 1. The first-order valence-electron chi connectivity index (χ1n) is 6.28.